The van der Waals surface area contributed by atoms with Crippen molar-refractivity contribution < 1.29 is 4.79 Å². The summed E-state index contributed by atoms with van der Waals surface area (Å²) in [7, 11) is 0. The van der Waals surface area contributed by atoms with Crippen molar-refractivity contribution in [3.63, 3.8) is 0 Å². The third kappa shape index (κ3) is 3.42. The number of amides is 1. The third-order valence-electron chi connectivity index (χ3n) is 2.03. The van der Waals surface area contributed by atoms with Crippen LogP contribution in [0.3, 0.4) is 0 Å². The third-order valence-corrected chi connectivity index (χ3v) is 2.03. The zero-order chi connectivity index (χ0) is 11.3. The van der Waals surface area contributed by atoms with Gasteiger partial charge in [0.15, 0.2) is 0 Å². The number of carbonyl (C=O) groups is 1. The van der Waals surface area contributed by atoms with Crippen LogP contribution in [0.15, 0.2) is 23.3 Å². The fraction of sp³-hybridized carbons (Fsp3) is 0.273. The predicted molar refractivity (Wildman–Crippen MR) is 61.9 cm³/mol. The second kappa shape index (κ2) is 5.14. The number of nitrogens with zero attached hydrogens (tertiary/aromatic N) is 1. The minimum atomic E-state index is -0.0254. The van der Waals surface area contributed by atoms with Crippen molar-refractivity contribution in [2.24, 2.45) is 5.10 Å². The fourth-order valence-corrected chi connectivity index (χ4v) is 1.27. The number of anilines is 1. The second-order valence-corrected chi connectivity index (χ2v) is 3.33. The molecule has 1 aromatic rings. The highest BCUT2D eigenvalue weighted by molar-refractivity contribution is 5.72. The van der Waals surface area contributed by atoms with Gasteiger partial charge < -0.3 is 5.32 Å². The van der Waals surface area contributed by atoms with E-state index in [2.05, 4.69) is 22.6 Å². The molecular weight excluding hydrogens is 190 g/mol. The van der Waals surface area contributed by atoms with E-state index >= 15 is 0 Å². The van der Waals surface area contributed by atoms with E-state index in [0.29, 0.717) is 6.54 Å². The summed E-state index contributed by atoms with van der Waals surface area (Å²) in [6.45, 7) is 7.40. The van der Waals surface area contributed by atoms with Gasteiger partial charge in [0.1, 0.15) is 0 Å². The van der Waals surface area contributed by atoms with E-state index in [-0.39, 0.29) is 5.91 Å². The molecule has 0 aliphatic rings. The van der Waals surface area contributed by atoms with Crippen LogP contribution in [0.25, 0.3) is 0 Å². The van der Waals surface area contributed by atoms with Crippen LogP contribution in [0, 0.1) is 6.92 Å². The summed E-state index contributed by atoms with van der Waals surface area (Å²) in [4.78, 5) is 10.7. The molecule has 0 saturated heterocycles. The minimum absolute atomic E-state index is 0.0254. The molecule has 0 aromatic heterocycles. The van der Waals surface area contributed by atoms with Gasteiger partial charge in [-0.2, -0.15) is 5.10 Å². The number of carbonyl (C=O) groups excluding carboxylic acids is 1. The highest BCUT2D eigenvalue weighted by atomic mass is 16.1. The average Bonchev–Trinajstić information content (AvgIpc) is 2.19. The van der Waals surface area contributed by atoms with E-state index in [1.54, 1.807) is 0 Å². The van der Waals surface area contributed by atoms with Crippen LogP contribution >= 0.6 is 0 Å². The first-order valence-electron chi connectivity index (χ1n) is 4.69. The van der Waals surface area contributed by atoms with Crippen molar-refractivity contribution >= 4 is 18.3 Å². The molecule has 0 radical (unpaired) electrons. The van der Waals surface area contributed by atoms with E-state index in [9.17, 15) is 4.79 Å². The van der Waals surface area contributed by atoms with Crippen molar-refractivity contribution in [2.45, 2.75) is 20.4 Å². The van der Waals surface area contributed by atoms with Crippen LogP contribution in [-0.4, -0.2) is 12.6 Å². The van der Waals surface area contributed by atoms with Crippen molar-refractivity contribution in [3.05, 3.63) is 29.3 Å². The van der Waals surface area contributed by atoms with Gasteiger partial charge in [0.05, 0.1) is 5.69 Å². The fourth-order valence-electron chi connectivity index (χ4n) is 1.27. The first-order chi connectivity index (χ1) is 7.13. The van der Waals surface area contributed by atoms with Crippen molar-refractivity contribution in [1.82, 2.24) is 5.32 Å². The van der Waals surface area contributed by atoms with E-state index < -0.39 is 0 Å². The number of aryl methyl sites for hydroxylation is 1. The Hall–Kier alpha value is -1.84. The molecule has 4 nitrogen and oxygen atoms in total. The zero-order valence-electron chi connectivity index (χ0n) is 9.00. The van der Waals surface area contributed by atoms with Gasteiger partial charge in [-0.05, 0) is 24.1 Å². The van der Waals surface area contributed by atoms with Gasteiger partial charge in [-0.15, -0.1) is 0 Å². The SMILES string of the molecule is C=NNc1ccc(CNC(C)=O)cc1C. The van der Waals surface area contributed by atoms with Crippen LogP contribution < -0.4 is 10.7 Å². The summed E-state index contributed by atoms with van der Waals surface area (Å²) >= 11 is 0. The highest BCUT2D eigenvalue weighted by Gasteiger charge is 1.99. The molecule has 0 aliphatic carbocycles. The van der Waals surface area contributed by atoms with Crippen molar-refractivity contribution in [2.75, 3.05) is 5.43 Å². The largest absolute Gasteiger partial charge is 0.352 e. The monoisotopic (exact) mass is 205 g/mol. The van der Waals surface area contributed by atoms with Gasteiger partial charge in [-0.3, -0.25) is 10.2 Å². The standard InChI is InChI=1S/C11H15N3O/c1-8-6-10(7-13-9(2)15)4-5-11(8)14-12-3/h4-6,14H,3,7H2,1-2H3,(H,13,15). The molecule has 0 atom stereocenters. The number of benzene rings is 1. The Labute approximate surface area is 89.4 Å². The maximum absolute atomic E-state index is 10.7. The Kier molecular flexibility index (Phi) is 3.85. The number of nitrogens with one attached hydrogen (secondary N) is 2. The van der Waals surface area contributed by atoms with Crippen LogP contribution in [0.1, 0.15) is 18.1 Å². The molecule has 1 amide bonds. The van der Waals surface area contributed by atoms with Gasteiger partial charge in [0.25, 0.3) is 0 Å². The first-order valence-corrected chi connectivity index (χ1v) is 4.69. The molecule has 0 spiro atoms. The van der Waals surface area contributed by atoms with Crippen LogP contribution in [0.5, 0.6) is 0 Å². The van der Waals surface area contributed by atoms with E-state index in [0.717, 1.165) is 16.8 Å². The van der Waals surface area contributed by atoms with E-state index in [1.807, 2.05) is 25.1 Å². The lowest BCUT2D eigenvalue weighted by atomic mass is 10.1. The normalized spacial score (nSPS) is 9.47. The lowest BCUT2D eigenvalue weighted by Gasteiger charge is -2.07. The average molecular weight is 205 g/mol. The molecule has 0 aliphatic heterocycles. The molecule has 0 bridgehead atoms. The lowest BCUT2D eigenvalue weighted by Crippen LogP contribution is -2.18. The number of hydrazone groups is 1. The first kappa shape index (κ1) is 11.2. The molecule has 2 N–H and O–H groups in total. The lowest BCUT2D eigenvalue weighted by molar-refractivity contribution is -0.119. The van der Waals surface area contributed by atoms with Crippen LogP contribution in [0.2, 0.25) is 0 Å². The summed E-state index contributed by atoms with van der Waals surface area (Å²) in [5, 5.41) is 6.35. The molecule has 4 heteroatoms. The molecule has 15 heavy (non-hydrogen) atoms. The topological polar surface area (TPSA) is 53.5 Å². The maximum Gasteiger partial charge on any atom is 0.217 e. The molecule has 1 rings (SSSR count). The summed E-state index contributed by atoms with van der Waals surface area (Å²) < 4.78 is 0. The van der Waals surface area contributed by atoms with Crippen LogP contribution in [-0.2, 0) is 11.3 Å². The molecule has 80 valence electrons. The second-order valence-electron chi connectivity index (χ2n) is 3.33. The molecule has 0 unspecified atom stereocenters. The Balaban J connectivity index is 2.72. The van der Waals surface area contributed by atoms with Gasteiger partial charge in [-0.25, -0.2) is 0 Å². The Morgan fingerprint density at radius 3 is 2.80 bits per heavy atom. The maximum atomic E-state index is 10.7. The van der Waals surface area contributed by atoms with Gasteiger partial charge in [0, 0.05) is 20.2 Å². The molecule has 0 heterocycles. The molecule has 0 saturated carbocycles. The predicted octanol–water partition coefficient (Wildman–Crippen LogP) is 1.66. The Morgan fingerprint density at radius 2 is 2.27 bits per heavy atom. The van der Waals surface area contributed by atoms with E-state index in [4.69, 9.17) is 0 Å². The highest BCUT2D eigenvalue weighted by Crippen LogP contribution is 2.16. The van der Waals surface area contributed by atoms with Crippen LogP contribution in [0.4, 0.5) is 5.69 Å². The summed E-state index contributed by atoms with van der Waals surface area (Å²) in [5.74, 6) is -0.0254. The smallest absolute Gasteiger partial charge is 0.217 e. The summed E-state index contributed by atoms with van der Waals surface area (Å²) in [6, 6.07) is 5.86. The number of rotatable bonds is 4. The van der Waals surface area contributed by atoms with Crippen molar-refractivity contribution in [1.29, 1.82) is 0 Å². The Bertz CT molecular complexity index is 374. The Morgan fingerprint density at radius 1 is 1.53 bits per heavy atom. The van der Waals surface area contributed by atoms with Gasteiger partial charge in [0.2, 0.25) is 5.91 Å². The van der Waals surface area contributed by atoms with Gasteiger partial charge in [-0.1, -0.05) is 12.1 Å². The number of hydrogen-bond donors (Lipinski definition) is 2. The summed E-state index contributed by atoms with van der Waals surface area (Å²) in [6.07, 6.45) is 0. The molecule has 0 fully saturated rings. The minimum Gasteiger partial charge on any atom is -0.352 e. The van der Waals surface area contributed by atoms with E-state index in [1.165, 1.54) is 6.92 Å². The molecular formula is C11H15N3O. The zero-order valence-corrected chi connectivity index (χ0v) is 9.00. The number of hydrogen-bond acceptors (Lipinski definition) is 3. The summed E-state index contributed by atoms with van der Waals surface area (Å²) in [5.41, 5.74) is 5.86. The molecule has 1 aromatic carbocycles. The van der Waals surface area contributed by atoms with Crippen molar-refractivity contribution in [3.8, 4) is 0 Å². The van der Waals surface area contributed by atoms with Gasteiger partial charge >= 0.3 is 0 Å². The quantitative estimate of drug-likeness (QED) is 0.580.